The molecule has 3 nitrogen and oxygen atoms in total. The maximum Gasteiger partial charge on any atom is 0.119 e. The lowest BCUT2D eigenvalue weighted by molar-refractivity contribution is 0.317. The van der Waals surface area contributed by atoms with Crippen LogP contribution in [0.25, 0.3) is 0 Å². The molecule has 0 aliphatic carbocycles. The van der Waals surface area contributed by atoms with Crippen molar-refractivity contribution in [1.82, 2.24) is 10.3 Å². The van der Waals surface area contributed by atoms with Gasteiger partial charge in [-0.05, 0) is 35.7 Å². The minimum absolute atomic E-state index is 0.770. The highest BCUT2D eigenvalue weighted by molar-refractivity contribution is 5.28. The Morgan fingerprint density at radius 2 is 1.95 bits per heavy atom. The molecule has 2 aromatic rings. The molecule has 0 amide bonds. The second-order valence-electron chi connectivity index (χ2n) is 4.46. The first kappa shape index (κ1) is 13.6. The number of ether oxygens (including phenoxy) is 1. The van der Waals surface area contributed by atoms with Gasteiger partial charge in [0.1, 0.15) is 5.75 Å². The first-order chi connectivity index (χ1) is 9.38. The standard InChI is InChI=1S/C16H20N2O/c1-2-9-19-16-7-3-5-14(10-16)11-18-13-15-6-4-8-17-12-15/h3-8,10,12,18H,2,9,11,13H2,1H3. The van der Waals surface area contributed by atoms with Crippen molar-refractivity contribution in [1.29, 1.82) is 0 Å². The molecule has 0 aliphatic heterocycles. The highest BCUT2D eigenvalue weighted by Crippen LogP contribution is 2.13. The van der Waals surface area contributed by atoms with Gasteiger partial charge in [0, 0.05) is 25.5 Å². The number of aromatic nitrogens is 1. The Hall–Kier alpha value is -1.87. The van der Waals surface area contributed by atoms with E-state index in [1.165, 1.54) is 11.1 Å². The van der Waals surface area contributed by atoms with E-state index < -0.39 is 0 Å². The summed E-state index contributed by atoms with van der Waals surface area (Å²) in [6.07, 6.45) is 4.70. The Kier molecular flexibility index (Phi) is 5.38. The van der Waals surface area contributed by atoms with E-state index in [1.54, 1.807) is 6.20 Å². The Morgan fingerprint density at radius 1 is 1.11 bits per heavy atom. The molecule has 3 heteroatoms. The quantitative estimate of drug-likeness (QED) is 0.826. The van der Waals surface area contributed by atoms with Gasteiger partial charge < -0.3 is 10.1 Å². The summed E-state index contributed by atoms with van der Waals surface area (Å²) in [5, 5.41) is 3.41. The summed E-state index contributed by atoms with van der Waals surface area (Å²) >= 11 is 0. The van der Waals surface area contributed by atoms with Crippen LogP contribution in [0.5, 0.6) is 5.75 Å². The van der Waals surface area contributed by atoms with Crippen molar-refractivity contribution in [3.8, 4) is 5.75 Å². The average molecular weight is 256 g/mol. The lowest BCUT2D eigenvalue weighted by atomic mass is 10.2. The molecule has 0 bridgehead atoms. The summed E-state index contributed by atoms with van der Waals surface area (Å²) in [6, 6.07) is 12.3. The van der Waals surface area contributed by atoms with Crippen LogP contribution in [-0.2, 0) is 13.1 Å². The molecule has 0 radical (unpaired) electrons. The van der Waals surface area contributed by atoms with Gasteiger partial charge in [-0.15, -0.1) is 0 Å². The SMILES string of the molecule is CCCOc1cccc(CNCc2cccnc2)c1. The highest BCUT2D eigenvalue weighted by atomic mass is 16.5. The lowest BCUT2D eigenvalue weighted by Crippen LogP contribution is -2.12. The van der Waals surface area contributed by atoms with Gasteiger partial charge in [-0.25, -0.2) is 0 Å². The van der Waals surface area contributed by atoms with Gasteiger partial charge in [0.05, 0.1) is 6.61 Å². The van der Waals surface area contributed by atoms with Crippen molar-refractivity contribution < 1.29 is 4.74 Å². The van der Waals surface area contributed by atoms with E-state index in [9.17, 15) is 0 Å². The number of benzene rings is 1. The summed E-state index contributed by atoms with van der Waals surface area (Å²) < 4.78 is 5.62. The molecule has 2 rings (SSSR count). The smallest absolute Gasteiger partial charge is 0.119 e. The van der Waals surface area contributed by atoms with Crippen LogP contribution in [0.4, 0.5) is 0 Å². The third-order valence-electron chi connectivity index (χ3n) is 2.75. The molecule has 0 saturated carbocycles. The maximum atomic E-state index is 5.62. The molecular formula is C16H20N2O. The Labute approximate surface area is 114 Å². The van der Waals surface area contributed by atoms with Crippen LogP contribution in [0.1, 0.15) is 24.5 Å². The fraction of sp³-hybridized carbons (Fsp3) is 0.312. The maximum absolute atomic E-state index is 5.62. The van der Waals surface area contributed by atoms with Crippen LogP contribution in [0, 0.1) is 0 Å². The molecule has 0 saturated heterocycles. The zero-order valence-corrected chi connectivity index (χ0v) is 11.3. The molecule has 1 aromatic carbocycles. The van der Waals surface area contributed by atoms with Crippen LogP contribution < -0.4 is 10.1 Å². The topological polar surface area (TPSA) is 34.1 Å². The van der Waals surface area contributed by atoms with E-state index in [4.69, 9.17) is 4.74 Å². The molecule has 1 heterocycles. The first-order valence-corrected chi connectivity index (χ1v) is 6.70. The third-order valence-corrected chi connectivity index (χ3v) is 2.75. The summed E-state index contributed by atoms with van der Waals surface area (Å²) in [5.41, 5.74) is 2.43. The lowest BCUT2D eigenvalue weighted by Gasteiger charge is -2.08. The fourth-order valence-corrected chi connectivity index (χ4v) is 1.82. The number of nitrogens with one attached hydrogen (secondary N) is 1. The van der Waals surface area contributed by atoms with E-state index in [1.807, 2.05) is 24.4 Å². The summed E-state index contributed by atoms with van der Waals surface area (Å²) in [7, 11) is 0. The number of hydrogen-bond donors (Lipinski definition) is 1. The molecule has 19 heavy (non-hydrogen) atoms. The summed E-state index contributed by atoms with van der Waals surface area (Å²) in [4.78, 5) is 4.10. The van der Waals surface area contributed by atoms with E-state index in [2.05, 4.69) is 35.4 Å². The van der Waals surface area contributed by atoms with Crippen molar-refractivity contribution in [2.24, 2.45) is 0 Å². The summed E-state index contributed by atoms with van der Waals surface area (Å²) in [5.74, 6) is 0.947. The number of nitrogens with zero attached hydrogens (tertiary/aromatic N) is 1. The molecule has 0 atom stereocenters. The van der Waals surface area contributed by atoms with Gasteiger partial charge in [-0.2, -0.15) is 0 Å². The van der Waals surface area contributed by atoms with Gasteiger partial charge >= 0.3 is 0 Å². The zero-order valence-electron chi connectivity index (χ0n) is 11.3. The number of hydrogen-bond acceptors (Lipinski definition) is 3. The Bertz CT molecular complexity index is 485. The monoisotopic (exact) mass is 256 g/mol. The van der Waals surface area contributed by atoms with Crippen molar-refractivity contribution in [3.05, 3.63) is 59.9 Å². The Balaban J connectivity index is 1.82. The van der Waals surface area contributed by atoms with Gasteiger partial charge in [0.2, 0.25) is 0 Å². The second-order valence-corrected chi connectivity index (χ2v) is 4.46. The summed E-state index contributed by atoms with van der Waals surface area (Å²) in [6.45, 7) is 4.54. The van der Waals surface area contributed by atoms with Crippen molar-refractivity contribution in [2.45, 2.75) is 26.4 Å². The normalized spacial score (nSPS) is 10.4. The van der Waals surface area contributed by atoms with Crippen LogP contribution in [-0.4, -0.2) is 11.6 Å². The molecule has 100 valence electrons. The molecular weight excluding hydrogens is 236 g/mol. The van der Waals surface area contributed by atoms with E-state index in [0.29, 0.717) is 0 Å². The van der Waals surface area contributed by atoms with Crippen LogP contribution in [0.3, 0.4) is 0 Å². The van der Waals surface area contributed by atoms with Crippen LogP contribution in [0.2, 0.25) is 0 Å². The van der Waals surface area contributed by atoms with E-state index >= 15 is 0 Å². The van der Waals surface area contributed by atoms with Crippen LogP contribution >= 0.6 is 0 Å². The molecule has 0 spiro atoms. The Morgan fingerprint density at radius 3 is 2.74 bits per heavy atom. The van der Waals surface area contributed by atoms with Gasteiger partial charge in [0.25, 0.3) is 0 Å². The third kappa shape index (κ3) is 4.72. The molecule has 0 aliphatic rings. The largest absolute Gasteiger partial charge is 0.494 e. The molecule has 1 aromatic heterocycles. The molecule has 0 fully saturated rings. The van der Waals surface area contributed by atoms with E-state index in [-0.39, 0.29) is 0 Å². The average Bonchev–Trinajstić information content (AvgIpc) is 2.47. The predicted molar refractivity (Wildman–Crippen MR) is 77.0 cm³/mol. The van der Waals surface area contributed by atoms with Crippen molar-refractivity contribution in [2.75, 3.05) is 6.61 Å². The second kappa shape index (κ2) is 7.54. The molecule has 1 N–H and O–H groups in total. The van der Waals surface area contributed by atoms with Crippen LogP contribution in [0.15, 0.2) is 48.8 Å². The zero-order chi connectivity index (χ0) is 13.3. The molecule has 0 unspecified atom stereocenters. The van der Waals surface area contributed by atoms with Gasteiger partial charge in [0.15, 0.2) is 0 Å². The van der Waals surface area contributed by atoms with Gasteiger partial charge in [-0.1, -0.05) is 25.1 Å². The predicted octanol–water partition coefficient (Wildman–Crippen LogP) is 3.16. The van der Waals surface area contributed by atoms with E-state index in [0.717, 1.165) is 31.9 Å². The van der Waals surface area contributed by atoms with Gasteiger partial charge in [-0.3, -0.25) is 4.98 Å². The highest BCUT2D eigenvalue weighted by Gasteiger charge is 1.97. The van der Waals surface area contributed by atoms with Crippen molar-refractivity contribution in [3.63, 3.8) is 0 Å². The minimum Gasteiger partial charge on any atom is -0.494 e. The number of pyridine rings is 1. The number of rotatable bonds is 7. The first-order valence-electron chi connectivity index (χ1n) is 6.70. The minimum atomic E-state index is 0.770. The van der Waals surface area contributed by atoms with Crippen molar-refractivity contribution >= 4 is 0 Å². The fourth-order valence-electron chi connectivity index (χ4n) is 1.82.